The van der Waals surface area contributed by atoms with E-state index < -0.39 is 0 Å². The molecular weight excluding hydrogens is 242 g/mol. The van der Waals surface area contributed by atoms with Crippen LogP contribution in [-0.4, -0.2) is 4.57 Å². The van der Waals surface area contributed by atoms with Crippen molar-refractivity contribution in [1.29, 1.82) is 0 Å². The van der Waals surface area contributed by atoms with Gasteiger partial charge in [-0.3, -0.25) is 0 Å². The summed E-state index contributed by atoms with van der Waals surface area (Å²) in [6, 6.07) is 14.9. The van der Waals surface area contributed by atoms with Gasteiger partial charge >= 0.3 is 0 Å². The third kappa shape index (κ3) is 1.98. The average Bonchev–Trinajstić information content (AvgIpc) is 2.81. The quantitative estimate of drug-likeness (QED) is 0.596. The van der Waals surface area contributed by atoms with E-state index in [1.807, 2.05) is 6.07 Å². The largest absolute Gasteiger partial charge is 0.340 e. The number of hydrogen-bond acceptors (Lipinski definition) is 0. The van der Waals surface area contributed by atoms with E-state index in [1.54, 1.807) is 0 Å². The van der Waals surface area contributed by atoms with Crippen molar-refractivity contribution in [2.75, 3.05) is 0 Å². The fraction of sp³-hybridized carbons (Fsp3) is 0.263. The lowest BCUT2D eigenvalue weighted by Crippen LogP contribution is -2.06. The van der Waals surface area contributed by atoms with Gasteiger partial charge in [-0.25, -0.2) is 0 Å². The highest BCUT2D eigenvalue weighted by atomic mass is 15.0. The Balaban J connectivity index is 2.34. The van der Waals surface area contributed by atoms with Crippen LogP contribution in [0.3, 0.4) is 0 Å². The zero-order valence-corrected chi connectivity index (χ0v) is 12.1. The van der Waals surface area contributed by atoms with E-state index >= 15 is 0 Å². The van der Waals surface area contributed by atoms with Gasteiger partial charge in [0.15, 0.2) is 0 Å². The Labute approximate surface area is 120 Å². The Morgan fingerprint density at radius 3 is 2.60 bits per heavy atom. The number of hydrogen-bond donors (Lipinski definition) is 0. The van der Waals surface area contributed by atoms with Crippen molar-refractivity contribution in [3.63, 3.8) is 0 Å². The fourth-order valence-electron chi connectivity index (χ4n) is 2.78. The Hall–Kier alpha value is -2.20. The molecule has 1 aromatic heterocycles. The zero-order chi connectivity index (χ0) is 14.1. The molecule has 0 aliphatic carbocycles. The molecule has 3 rings (SSSR count). The molecule has 0 aliphatic rings. The molecule has 0 bridgehead atoms. The van der Waals surface area contributed by atoms with E-state index in [2.05, 4.69) is 60.7 Å². The van der Waals surface area contributed by atoms with Crippen LogP contribution in [0, 0.1) is 18.3 Å². The number of aromatic nitrogens is 1. The summed E-state index contributed by atoms with van der Waals surface area (Å²) in [5, 5.41) is 2.61. The molecule has 0 radical (unpaired) electrons. The van der Waals surface area contributed by atoms with Crippen LogP contribution < -0.4 is 0 Å². The first-order valence-electron chi connectivity index (χ1n) is 7.22. The maximum atomic E-state index is 5.55. The Bertz CT molecular complexity index is 802. The van der Waals surface area contributed by atoms with E-state index in [0.29, 0.717) is 5.92 Å². The number of rotatable bonds is 3. The summed E-state index contributed by atoms with van der Waals surface area (Å²) >= 11 is 0. The number of para-hydroxylation sites is 1. The summed E-state index contributed by atoms with van der Waals surface area (Å²) in [5.74, 6) is 3.40. The van der Waals surface area contributed by atoms with Crippen molar-refractivity contribution in [3.8, 4) is 12.3 Å². The maximum Gasteiger partial charge on any atom is 0.0503 e. The fourth-order valence-corrected chi connectivity index (χ4v) is 2.78. The van der Waals surface area contributed by atoms with Crippen molar-refractivity contribution >= 4 is 21.8 Å². The summed E-state index contributed by atoms with van der Waals surface area (Å²) in [6.45, 7) is 5.57. The van der Waals surface area contributed by atoms with E-state index in [0.717, 1.165) is 12.1 Å². The average molecular weight is 261 g/mol. The van der Waals surface area contributed by atoms with Crippen molar-refractivity contribution < 1.29 is 0 Å². The molecule has 0 aliphatic heterocycles. The van der Waals surface area contributed by atoms with Crippen molar-refractivity contribution in [3.05, 3.63) is 48.0 Å². The van der Waals surface area contributed by atoms with Gasteiger partial charge in [-0.2, -0.15) is 0 Å². The summed E-state index contributed by atoms with van der Waals surface area (Å²) in [6.07, 6.45) is 6.74. The Kier molecular flexibility index (Phi) is 3.24. The normalized spacial score (nSPS) is 12.7. The van der Waals surface area contributed by atoms with Gasteiger partial charge in [0, 0.05) is 28.4 Å². The second-order valence-corrected chi connectivity index (χ2v) is 5.52. The molecule has 20 heavy (non-hydrogen) atoms. The van der Waals surface area contributed by atoms with E-state index in [1.165, 1.54) is 28.2 Å². The van der Waals surface area contributed by atoms with Crippen LogP contribution in [0.25, 0.3) is 21.8 Å². The molecule has 0 N–H and O–H groups in total. The SMILES string of the molecule is C#Cc1ccc2c3ccccc3n(C[C@@H](C)CC)c2c1. The molecule has 0 saturated carbocycles. The van der Waals surface area contributed by atoms with Crippen molar-refractivity contribution in [2.45, 2.75) is 26.8 Å². The van der Waals surface area contributed by atoms with Crippen LogP contribution in [0.15, 0.2) is 42.5 Å². The van der Waals surface area contributed by atoms with E-state index in [-0.39, 0.29) is 0 Å². The minimum absolute atomic E-state index is 0.656. The lowest BCUT2D eigenvalue weighted by molar-refractivity contribution is 0.485. The highest BCUT2D eigenvalue weighted by Crippen LogP contribution is 2.30. The number of terminal acetylenes is 1. The summed E-state index contributed by atoms with van der Waals surface area (Å²) in [5.41, 5.74) is 3.50. The lowest BCUT2D eigenvalue weighted by Gasteiger charge is -2.12. The summed E-state index contributed by atoms with van der Waals surface area (Å²) in [4.78, 5) is 0. The third-order valence-electron chi connectivity index (χ3n) is 4.13. The molecule has 3 aromatic rings. The molecule has 1 nitrogen and oxygen atoms in total. The van der Waals surface area contributed by atoms with Crippen LogP contribution in [0.4, 0.5) is 0 Å². The maximum absolute atomic E-state index is 5.55. The smallest absolute Gasteiger partial charge is 0.0503 e. The molecule has 0 unspecified atom stereocenters. The molecular formula is C19H19N. The van der Waals surface area contributed by atoms with Gasteiger partial charge in [-0.1, -0.05) is 50.5 Å². The molecule has 0 spiro atoms. The molecule has 2 aromatic carbocycles. The molecule has 0 saturated heterocycles. The lowest BCUT2D eigenvalue weighted by atomic mass is 10.1. The Morgan fingerprint density at radius 2 is 1.85 bits per heavy atom. The molecule has 1 heteroatoms. The van der Waals surface area contributed by atoms with Crippen molar-refractivity contribution in [2.24, 2.45) is 5.92 Å². The minimum atomic E-state index is 0.656. The van der Waals surface area contributed by atoms with Crippen LogP contribution in [0.5, 0.6) is 0 Å². The van der Waals surface area contributed by atoms with E-state index in [9.17, 15) is 0 Å². The van der Waals surface area contributed by atoms with Gasteiger partial charge in [-0.15, -0.1) is 6.42 Å². The first-order valence-corrected chi connectivity index (χ1v) is 7.22. The van der Waals surface area contributed by atoms with Crippen LogP contribution in [-0.2, 0) is 6.54 Å². The minimum Gasteiger partial charge on any atom is -0.340 e. The monoisotopic (exact) mass is 261 g/mol. The molecule has 100 valence electrons. The van der Waals surface area contributed by atoms with Gasteiger partial charge in [0.25, 0.3) is 0 Å². The standard InChI is InChI=1S/C19H19N/c1-4-14(3)13-20-18-9-7-6-8-16(18)17-11-10-15(5-2)12-19(17)20/h2,6-12,14H,4,13H2,1,3H3/t14-/m0/s1. The first-order chi connectivity index (χ1) is 9.74. The second kappa shape index (κ2) is 5.06. The highest BCUT2D eigenvalue weighted by Gasteiger charge is 2.12. The van der Waals surface area contributed by atoms with Gasteiger partial charge in [0.2, 0.25) is 0 Å². The molecule has 0 fully saturated rings. The van der Waals surface area contributed by atoms with Crippen LogP contribution >= 0.6 is 0 Å². The predicted octanol–water partition coefficient (Wildman–Crippen LogP) is 4.82. The summed E-state index contributed by atoms with van der Waals surface area (Å²) in [7, 11) is 0. The Morgan fingerprint density at radius 1 is 1.10 bits per heavy atom. The van der Waals surface area contributed by atoms with Gasteiger partial charge in [0.1, 0.15) is 0 Å². The number of fused-ring (bicyclic) bond motifs is 3. The van der Waals surface area contributed by atoms with E-state index in [4.69, 9.17) is 6.42 Å². The van der Waals surface area contributed by atoms with Gasteiger partial charge in [-0.05, 0) is 24.1 Å². The topological polar surface area (TPSA) is 4.93 Å². The molecule has 1 atom stereocenters. The zero-order valence-electron chi connectivity index (χ0n) is 12.1. The molecule has 1 heterocycles. The van der Waals surface area contributed by atoms with Crippen LogP contribution in [0.1, 0.15) is 25.8 Å². The second-order valence-electron chi connectivity index (χ2n) is 5.52. The van der Waals surface area contributed by atoms with Crippen molar-refractivity contribution in [1.82, 2.24) is 4.57 Å². The van der Waals surface area contributed by atoms with Crippen LogP contribution in [0.2, 0.25) is 0 Å². The van der Waals surface area contributed by atoms with Gasteiger partial charge in [0.05, 0.1) is 5.52 Å². The third-order valence-corrected chi connectivity index (χ3v) is 4.13. The summed E-state index contributed by atoms with van der Waals surface area (Å²) < 4.78 is 2.42. The number of nitrogens with zero attached hydrogens (tertiary/aromatic N) is 1. The molecule has 0 amide bonds. The predicted molar refractivity (Wildman–Crippen MR) is 86.8 cm³/mol. The first kappa shape index (κ1) is 12.8. The number of benzene rings is 2. The van der Waals surface area contributed by atoms with Gasteiger partial charge < -0.3 is 4.57 Å². The highest BCUT2D eigenvalue weighted by molar-refractivity contribution is 6.08.